The Balaban J connectivity index is 2.24. The van der Waals surface area contributed by atoms with Gasteiger partial charge in [-0.3, -0.25) is 13.9 Å². The predicted molar refractivity (Wildman–Crippen MR) is 152 cm³/mol. The molecule has 0 radical (unpaired) electrons. The lowest BCUT2D eigenvalue weighted by Crippen LogP contribution is -2.49. The fraction of sp³-hybridized carbons (Fsp3) is 0.481. The quantitative estimate of drug-likeness (QED) is 0.301. The number of unbranched alkanes of at least 4 members (excludes halogenated alkanes) is 1. The third-order valence-electron chi connectivity index (χ3n) is 6.15. The number of aryl methyl sites for hydroxylation is 1. The molecular formula is C27H37Cl2N3O4S. The van der Waals surface area contributed by atoms with Gasteiger partial charge in [-0.25, -0.2) is 8.42 Å². The number of hydrogen-bond donors (Lipinski definition) is 1. The van der Waals surface area contributed by atoms with Gasteiger partial charge in [0.25, 0.3) is 0 Å². The van der Waals surface area contributed by atoms with Crippen LogP contribution in [0.3, 0.4) is 0 Å². The molecule has 204 valence electrons. The van der Waals surface area contributed by atoms with Gasteiger partial charge < -0.3 is 10.2 Å². The number of carbonyl (C=O) groups excluding carboxylic acids is 2. The van der Waals surface area contributed by atoms with Crippen LogP contribution in [0.4, 0.5) is 5.69 Å². The van der Waals surface area contributed by atoms with Crippen LogP contribution in [0.5, 0.6) is 0 Å². The van der Waals surface area contributed by atoms with Crippen molar-refractivity contribution < 1.29 is 18.0 Å². The molecule has 0 bridgehead atoms. The second-order valence-corrected chi connectivity index (χ2v) is 11.8. The van der Waals surface area contributed by atoms with E-state index in [2.05, 4.69) is 5.32 Å². The second-order valence-electron chi connectivity index (χ2n) is 9.05. The van der Waals surface area contributed by atoms with E-state index in [4.69, 9.17) is 23.2 Å². The number of anilines is 1. The SMILES string of the molecule is CCCCNC(=O)[C@H](CC)N(Cc1ccccc1C)C(=O)CCCN(c1cc(Cl)ccc1Cl)S(C)(=O)=O. The lowest BCUT2D eigenvalue weighted by molar-refractivity contribution is -0.141. The second kappa shape index (κ2) is 14.6. The Morgan fingerprint density at radius 3 is 2.38 bits per heavy atom. The minimum atomic E-state index is -3.68. The molecule has 2 aromatic carbocycles. The average Bonchev–Trinajstić information content (AvgIpc) is 2.84. The third-order valence-corrected chi connectivity index (χ3v) is 7.88. The standard InChI is InChI=1S/C27H37Cl2N3O4S/c1-5-7-16-30-27(34)24(6-2)31(19-21-12-9-8-11-20(21)3)26(33)13-10-17-32(37(4,35)36)25-18-22(28)14-15-23(25)29/h8-9,11-12,14-15,18,24H,5-7,10,13,16-17,19H2,1-4H3,(H,30,34)/t24-/m0/s1. The van der Waals surface area contributed by atoms with Crippen LogP contribution >= 0.6 is 23.2 Å². The van der Waals surface area contributed by atoms with Crippen molar-refractivity contribution >= 4 is 50.7 Å². The molecular weight excluding hydrogens is 533 g/mol. The minimum absolute atomic E-state index is 0.0440. The Morgan fingerprint density at radius 2 is 1.76 bits per heavy atom. The number of hydrogen-bond acceptors (Lipinski definition) is 4. The highest BCUT2D eigenvalue weighted by molar-refractivity contribution is 7.92. The van der Waals surface area contributed by atoms with Crippen molar-refractivity contribution in [1.29, 1.82) is 0 Å². The van der Waals surface area contributed by atoms with Crippen LogP contribution in [0.1, 0.15) is 57.1 Å². The van der Waals surface area contributed by atoms with E-state index in [0.29, 0.717) is 24.5 Å². The van der Waals surface area contributed by atoms with Gasteiger partial charge in [-0.1, -0.05) is 67.7 Å². The van der Waals surface area contributed by atoms with E-state index in [0.717, 1.165) is 34.5 Å². The first kappa shape index (κ1) is 30.9. The maximum Gasteiger partial charge on any atom is 0.242 e. The van der Waals surface area contributed by atoms with Crippen molar-refractivity contribution in [3.05, 3.63) is 63.6 Å². The van der Waals surface area contributed by atoms with Gasteiger partial charge in [0.1, 0.15) is 6.04 Å². The largest absolute Gasteiger partial charge is 0.354 e. The number of benzene rings is 2. The summed E-state index contributed by atoms with van der Waals surface area (Å²) in [4.78, 5) is 28.1. The van der Waals surface area contributed by atoms with Gasteiger partial charge in [0, 0.05) is 31.1 Å². The van der Waals surface area contributed by atoms with Crippen LogP contribution in [0.25, 0.3) is 0 Å². The van der Waals surface area contributed by atoms with E-state index >= 15 is 0 Å². The summed E-state index contributed by atoms with van der Waals surface area (Å²) in [6.07, 6.45) is 3.67. The molecule has 37 heavy (non-hydrogen) atoms. The van der Waals surface area contributed by atoms with Crippen LogP contribution in [0.15, 0.2) is 42.5 Å². The summed E-state index contributed by atoms with van der Waals surface area (Å²) in [6, 6.07) is 11.7. The highest BCUT2D eigenvalue weighted by atomic mass is 35.5. The highest BCUT2D eigenvalue weighted by Gasteiger charge is 2.29. The van der Waals surface area contributed by atoms with Crippen LogP contribution < -0.4 is 9.62 Å². The number of sulfonamides is 1. The third kappa shape index (κ3) is 9.20. The van der Waals surface area contributed by atoms with E-state index in [1.807, 2.05) is 45.0 Å². The van der Waals surface area contributed by atoms with Crippen molar-refractivity contribution in [3.8, 4) is 0 Å². The first-order valence-electron chi connectivity index (χ1n) is 12.5. The molecule has 1 N–H and O–H groups in total. The van der Waals surface area contributed by atoms with Crippen LogP contribution in [0.2, 0.25) is 10.0 Å². The Hall–Kier alpha value is -2.29. The number of halogens is 2. The topological polar surface area (TPSA) is 86.8 Å². The van der Waals surface area contributed by atoms with Gasteiger partial charge in [0.15, 0.2) is 0 Å². The normalized spacial score (nSPS) is 12.2. The lowest BCUT2D eigenvalue weighted by atomic mass is 10.1. The molecule has 2 aromatic rings. The fourth-order valence-electron chi connectivity index (χ4n) is 4.06. The van der Waals surface area contributed by atoms with Crippen LogP contribution in [0, 0.1) is 6.92 Å². The van der Waals surface area contributed by atoms with Crippen molar-refractivity contribution in [3.63, 3.8) is 0 Å². The van der Waals surface area contributed by atoms with E-state index in [1.165, 1.54) is 12.1 Å². The van der Waals surface area contributed by atoms with Gasteiger partial charge in [0.2, 0.25) is 21.8 Å². The monoisotopic (exact) mass is 569 g/mol. The molecule has 2 rings (SSSR count). The Kier molecular flexibility index (Phi) is 12.2. The number of nitrogens with one attached hydrogen (secondary N) is 1. The molecule has 0 saturated carbocycles. The molecule has 0 saturated heterocycles. The molecule has 2 amide bonds. The molecule has 0 aliphatic carbocycles. The Bertz CT molecular complexity index is 1170. The highest BCUT2D eigenvalue weighted by Crippen LogP contribution is 2.31. The van der Waals surface area contributed by atoms with Gasteiger partial charge in [0.05, 0.1) is 17.0 Å². The molecule has 10 heteroatoms. The Labute approximate surface area is 231 Å². The van der Waals surface area contributed by atoms with E-state index in [1.54, 1.807) is 11.0 Å². The first-order valence-corrected chi connectivity index (χ1v) is 15.1. The molecule has 0 aliphatic heterocycles. The number of carbonyl (C=O) groups is 2. The summed E-state index contributed by atoms with van der Waals surface area (Å²) in [7, 11) is -3.68. The zero-order valence-electron chi connectivity index (χ0n) is 22.0. The number of nitrogens with zero attached hydrogens (tertiary/aromatic N) is 2. The van der Waals surface area contributed by atoms with Gasteiger partial charge >= 0.3 is 0 Å². The van der Waals surface area contributed by atoms with E-state index < -0.39 is 16.1 Å². The van der Waals surface area contributed by atoms with Crippen molar-refractivity contribution in [2.75, 3.05) is 23.7 Å². The summed E-state index contributed by atoms with van der Waals surface area (Å²) in [5.41, 5.74) is 2.25. The molecule has 7 nitrogen and oxygen atoms in total. The zero-order chi connectivity index (χ0) is 27.6. The molecule has 0 aliphatic rings. The van der Waals surface area contributed by atoms with Crippen LogP contribution in [-0.2, 0) is 26.2 Å². The van der Waals surface area contributed by atoms with E-state index in [-0.39, 0.29) is 41.9 Å². The maximum atomic E-state index is 13.5. The maximum absolute atomic E-state index is 13.5. The average molecular weight is 571 g/mol. The summed E-state index contributed by atoms with van der Waals surface area (Å²) >= 11 is 12.3. The van der Waals surface area contributed by atoms with Crippen molar-refractivity contribution in [2.24, 2.45) is 0 Å². The summed E-state index contributed by atoms with van der Waals surface area (Å²) in [5, 5.41) is 3.55. The first-order chi connectivity index (χ1) is 17.5. The molecule has 0 spiro atoms. The molecule has 0 fully saturated rings. The zero-order valence-corrected chi connectivity index (χ0v) is 24.3. The number of rotatable bonds is 14. The van der Waals surface area contributed by atoms with Gasteiger partial charge in [-0.05, 0) is 55.5 Å². The van der Waals surface area contributed by atoms with Gasteiger partial charge in [-0.15, -0.1) is 0 Å². The summed E-state index contributed by atoms with van der Waals surface area (Å²) in [5.74, 6) is -0.396. The summed E-state index contributed by atoms with van der Waals surface area (Å²) < 4.78 is 26.2. The van der Waals surface area contributed by atoms with Crippen molar-refractivity contribution in [2.45, 2.75) is 65.5 Å². The van der Waals surface area contributed by atoms with Crippen molar-refractivity contribution in [1.82, 2.24) is 10.2 Å². The Morgan fingerprint density at radius 1 is 1.05 bits per heavy atom. The molecule has 0 unspecified atom stereocenters. The minimum Gasteiger partial charge on any atom is -0.354 e. The molecule has 0 heterocycles. The van der Waals surface area contributed by atoms with E-state index in [9.17, 15) is 18.0 Å². The summed E-state index contributed by atoms with van der Waals surface area (Å²) in [6.45, 7) is 6.80. The lowest BCUT2D eigenvalue weighted by Gasteiger charge is -2.31. The fourth-order valence-corrected chi connectivity index (χ4v) is 5.46. The molecule has 0 aromatic heterocycles. The van der Waals surface area contributed by atoms with Crippen LogP contribution in [-0.4, -0.2) is 50.5 Å². The van der Waals surface area contributed by atoms with Gasteiger partial charge in [-0.2, -0.15) is 0 Å². The smallest absolute Gasteiger partial charge is 0.242 e. The predicted octanol–water partition coefficient (Wildman–Crippen LogP) is 5.57. The molecule has 1 atom stereocenters. The number of amides is 2.